The topological polar surface area (TPSA) is 69.6 Å². The maximum atomic E-state index is 10.7. The van der Waals surface area contributed by atoms with Crippen molar-refractivity contribution in [3.63, 3.8) is 0 Å². The van der Waals surface area contributed by atoms with E-state index in [4.69, 9.17) is 0 Å². The van der Waals surface area contributed by atoms with Gasteiger partial charge in [0, 0.05) is 0 Å². The van der Waals surface area contributed by atoms with E-state index >= 15 is 0 Å². The monoisotopic (exact) mass is 210 g/mol. The lowest BCUT2D eigenvalue weighted by Crippen LogP contribution is -2.02. The molecule has 2 atom stereocenters. The van der Waals surface area contributed by atoms with Crippen LogP contribution in [0.4, 0.5) is 0 Å². The SMILES string of the molecule is Cc1ccc(C(N=C=O)S(=O)[O-])cc1. The first kappa shape index (κ1) is 10.8. The predicted octanol–water partition coefficient (Wildman–Crippen LogP) is 1.21. The normalized spacial score (nSPS) is 14.1. The van der Waals surface area contributed by atoms with Crippen LogP contribution in [0.1, 0.15) is 16.5 Å². The third-order valence-corrected chi connectivity index (χ3v) is 2.46. The maximum absolute atomic E-state index is 10.7. The van der Waals surface area contributed by atoms with E-state index in [1.807, 2.05) is 6.92 Å². The van der Waals surface area contributed by atoms with Gasteiger partial charge in [-0.15, -0.1) is 0 Å². The lowest BCUT2D eigenvalue weighted by Gasteiger charge is -2.13. The van der Waals surface area contributed by atoms with Crippen molar-refractivity contribution in [2.24, 2.45) is 4.99 Å². The zero-order chi connectivity index (χ0) is 10.6. The molecule has 5 heteroatoms. The van der Waals surface area contributed by atoms with Crippen molar-refractivity contribution in [1.29, 1.82) is 0 Å². The molecule has 0 saturated carbocycles. The van der Waals surface area contributed by atoms with Crippen LogP contribution in [0.25, 0.3) is 0 Å². The molecular weight excluding hydrogens is 202 g/mol. The molecule has 0 aliphatic carbocycles. The predicted molar refractivity (Wildman–Crippen MR) is 51.0 cm³/mol. The second kappa shape index (κ2) is 4.81. The van der Waals surface area contributed by atoms with Crippen molar-refractivity contribution in [1.82, 2.24) is 0 Å². The summed E-state index contributed by atoms with van der Waals surface area (Å²) in [5.74, 6) is 0. The highest BCUT2D eigenvalue weighted by Crippen LogP contribution is 2.19. The second-order valence-electron chi connectivity index (χ2n) is 2.74. The van der Waals surface area contributed by atoms with E-state index in [9.17, 15) is 13.6 Å². The van der Waals surface area contributed by atoms with Crippen LogP contribution in [0.2, 0.25) is 0 Å². The summed E-state index contributed by atoms with van der Waals surface area (Å²) >= 11 is -2.44. The van der Waals surface area contributed by atoms with E-state index in [-0.39, 0.29) is 0 Å². The molecule has 0 spiro atoms. The molecule has 2 unspecified atom stereocenters. The van der Waals surface area contributed by atoms with Crippen molar-refractivity contribution >= 4 is 17.2 Å². The van der Waals surface area contributed by atoms with Gasteiger partial charge in [0.1, 0.15) is 5.37 Å². The maximum Gasteiger partial charge on any atom is 0.236 e. The molecule has 0 N–H and O–H groups in total. The van der Waals surface area contributed by atoms with Crippen LogP contribution < -0.4 is 0 Å². The molecule has 1 aromatic rings. The van der Waals surface area contributed by atoms with Gasteiger partial charge in [0.25, 0.3) is 0 Å². The smallest absolute Gasteiger partial charge is 0.236 e. The van der Waals surface area contributed by atoms with Gasteiger partial charge in [-0.2, -0.15) is 4.99 Å². The summed E-state index contributed by atoms with van der Waals surface area (Å²) in [6.07, 6.45) is 1.24. The lowest BCUT2D eigenvalue weighted by atomic mass is 10.1. The van der Waals surface area contributed by atoms with Gasteiger partial charge in [-0.25, -0.2) is 4.79 Å². The molecule has 0 aromatic heterocycles. The van der Waals surface area contributed by atoms with Crippen molar-refractivity contribution in [2.75, 3.05) is 0 Å². The molecule has 0 bridgehead atoms. The van der Waals surface area contributed by atoms with Gasteiger partial charge in [0.15, 0.2) is 0 Å². The molecule has 0 heterocycles. The summed E-state index contributed by atoms with van der Waals surface area (Å²) in [7, 11) is 0. The fraction of sp³-hybridized carbons (Fsp3) is 0.222. The molecule has 0 aliphatic heterocycles. The highest BCUT2D eigenvalue weighted by atomic mass is 32.2. The van der Waals surface area contributed by atoms with Crippen molar-refractivity contribution in [2.45, 2.75) is 12.3 Å². The number of hydrogen-bond donors (Lipinski definition) is 0. The second-order valence-corrected chi connectivity index (χ2v) is 3.71. The summed E-state index contributed by atoms with van der Waals surface area (Å²) in [4.78, 5) is 13.2. The Bertz CT molecular complexity index is 380. The van der Waals surface area contributed by atoms with Crippen LogP contribution >= 0.6 is 0 Å². The van der Waals surface area contributed by atoms with Gasteiger partial charge in [-0.3, -0.25) is 4.21 Å². The number of isocyanates is 1. The number of rotatable bonds is 3. The molecule has 0 amide bonds. The highest BCUT2D eigenvalue weighted by molar-refractivity contribution is 7.79. The Labute approximate surface area is 84.0 Å². The third-order valence-electron chi connectivity index (χ3n) is 1.71. The van der Waals surface area contributed by atoms with Crippen molar-refractivity contribution in [3.05, 3.63) is 35.4 Å². The number of aliphatic imine (C=N–C) groups is 1. The van der Waals surface area contributed by atoms with Crippen molar-refractivity contribution < 1.29 is 13.6 Å². The number of carbonyl (C=O) groups excluding carboxylic acids is 1. The largest absolute Gasteiger partial charge is 0.770 e. The van der Waals surface area contributed by atoms with E-state index in [2.05, 4.69) is 4.99 Å². The molecule has 74 valence electrons. The lowest BCUT2D eigenvalue weighted by molar-refractivity contribution is 0.522. The van der Waals surface area contributed by atoms with Gasteiger partial charge < -0.3 is 4.55 Å². The van der Waals surface area contributed by atoms with Crippen LogP contribution in [0.15, 0.2) is 29.3 Å². The Morgan fingerprint density at radius 3 is 2.43 bits per heavy atom. The van der Waals surface area contributed by atoms with Crippen LogP contribution in [0.3, 0.4) is 0 Å². The molecular formula is C9H8NO3S-. The molecule has 0 fully saturated rings. The first-order chi connectivity index (χ1) is 6.65. The Balaban J connectivity index is 3.05. The van der Waals surface area contributed by atoms with Gasteiger partial charge in [0.2, 0.25) is 6.08 Å². The van der Waals surface area contributed by atoms with Crippen LogP contribution in [0.5, 0.6) is 0 Å². The minimum atomic E-state index is -2.44. The van der Waals surface area contributed by atoms with Crippen LogP contribution in [-0.2, 0) is 15.9 Å². The molecule has 1 rings (SSSR count). The van der Waals surface area contributed by atoms with Crippen molar-refractivity contribution in [3.8, 4) is 0 Å². The number of aryl methyl sites for hydroxylation is 1. The average Bonchev–Trinajstić information content (AvgIpc) is 2.15. The van der Waals surface area contributed by atoms with Gasteiger partial charge in [-0.05, 0) is 23.6 Å². The molecule has 0 saturated heterocycles. The Morgan fingerprint density at radius 2 is 2.00 bits per heavy atom. The summed E-state index contributed by atoms with van der Waals surface area (Å²) < 4.78 is 21.4. The summed E-state index contributed by atoms with van der Waals surface area (Å²) in [6.45, 7) is 1.88. The van der Waals surface area contributed by atoms with Gasteiger partial charge in [-0.1, -0.05) is 29.8 Å². The average molecular weight is 210 g/mol. The quantitative estimate of drug-likeness (QED) is 0.427. The highest BCUT2D eigenvalue weighted by Gasteiger charge is 2.09. The van der Waals surface area contributed by atoms with E-state index in [1.165, 1.54) is 6.08 Å². The summed E-state index contributed by atoms with van der Waals surface area (Å²) in [6, 6.07) is 6.76. The fourth-order valence-electron chi connectivity index (χ4n) is 1.01. The van der Waals surface area contributed by atoms with Gasteiger partial charge in [0.05, 0.1) is 0 Å². The summed E-state index contributed by atoms with van der Waals surface area (Å²) in [5.41, 5.74) is 1.48. The van der Waals surface area contributed by atoms with Gasteiger partial charge >= 0.3 is 0 Å². The number of hydrogen-bond acceptors (Lipinski definition) is 4. The molecule has 14 heavy (non-hydrogen) atoms. The van der Waals surface area contributed by atoms with E-state index < -0.39 is 16.5 Å². The third kappa shape index (κ3) is 2.60. The zero-order valence-corrected chi connectivity index (χ0v) is 8.28. The number of nitrogens with zero attached hydrogens (tertiary/aromatic N) is 1. The van der Waals surface area contributed by atoms with Crippen LogP contribution in [0, 0.1) is 6.92 Å². The first-order valence-electron chi connectivity index (χ1n) is 3.87. The molecule has 0 radical (unpaired) electrons. The minimum Gasteiger partial charge on any atom is -0.770 e. The van der Waals surface area contributed by atoms with E-state index in [1.54, 1.807) is 24.3 Å². The summed E-state index contributed by atoms with van der Waals surface area (Å²) in [5, 5.41) is -1.15. The molecule has 4 nitrogen and oxygen atoms in total. The first-order valence-corrected chi connectivity index (χ1v) is 5.00. The molecule has 0 aliphatic rings. The minimum absolute atomic E-state index is 0.465. The zero-order valence-electron chi connectivity index (χ0n) is 7.47. The Kier molecular flexibility index (Phi) is 3.71. The Morgan fingerprint density at radius 1 is 1.43 bits per heavy atom. The van der Waals surface area contributed by atoms with Crippen LogP contribution in [-0.4, -0.2) is 14.8 Å². The van der Waals surface area contributed by atoms with E-state index in [0.717, 1.165) is 5.56 Å². The van der Waals surface area contributed by atoms with E-state index in [0.29, 0.717) is 5.56 Å². The standard InChI is InChI=1S/C9H9NO3S/c1-7-2-4-8(5-3-7)9(10-6-11)14(12)13/h2-5,9H,1H3,(H,12,13)/p-1. The molecule has 1 aromatic carbocycles. The fourth-order valence-corrected chi connectivity index (χ4v) is 1.52. The number of benzene rings is 1. The Hall–Kier alpha value is -1.29.